The Morgan fingerprint density at radius 2 is 2.18 bits per heavy atom. The van der Waals surface area contributed by atoms with Gasteiger partial charge < -0.3 is 25.8 Å². The van der Waals surface area contributed by atoms with Gasteiger partial charge in [-0.1, -0.05) is 0 Å². The molecule has 0 saturated carbocycles. The third-order valence-corrected chi connectivity index (χ3v) is 2.53. The van der Waals surface area contributed by atoms with E-state index in [1.54, 1.807) is 0 Å². The maximum absolute atomic E-state index is 10.8. The highest BCUT2D eigenvalue weighted by atomic mass is 16.6. The molecule has 1 aromatic rings. The Morgan fingerprint density at radius 1 is 1.47 bits per heavy atom. The number of nitrogens with one attached hydrogen (secondary N) is 1. The lowest BCUT2D eigenvalue weighted by atomic mass is 10.1. The normalized spacial score (nSPS) is 32.9. The molecule has 0 aromatic carbocycles. The van der Waals surface area contributed by atoms with E-state index in [1.807, 2.05) is 0 Å². The number of nitrogens with two attached hydrogens (primary N) is 1. The topological polar surface area (TPSA) is 155 Å². The molecule has 1 saturated heterocycles. The molecule has 1 aliphatic rings. The number of hydrogen-bond donors (Lipinski definition) is 5. The fourth-order valence-electron chi connectivity index (χ4n) is 1.64. The molecule has 4 atom stereocenters. The van der Waals surface area contributed by atoms with Gasteiger partial charge in [-0.05, 0) is 0 Å². The quantitative estimate of drug-likeness (QED) is 0.381. The Morgan fingerprint density at radius 3 is 2.65 bits per heavy atom. The second kappa shape index (κ2) is 4.37. The molecule has 9 heteroatoms. The Labute approximate surface area is 95.2 Å². The average molecular weight is 244 g/mol. The summed E-state index contributed by atoms with van der Waals surface area (Å²) >= 11 is 0. The van der Waals surface area contributed by atoms with Crippen LogP contribution in [0.3, 0.4) is 0 Å². The van der Waals surface area contributed by atoms with Crippen molar-refractivity contribution in [3.05, 3.63) is 11.6 Å². The molecule has 1 fully saturated rings. The number of aliphatic hydroxyl groups excluding tert-OH is 3. The molecule has 1 aliphatic heterocycles. The van der Waals surface area contributed by atoms with E-state index in [2.05, 4.69) is 15.2 Å². The minimum absolute atomic E-state index is 0.0706. The standard InChI is InChI=1S/C8H12N4O5/c9-6(16)8-10-7(11-12-8)5-4(15)3(14)2(1-13)17-5/h2-5,13-15H,1H2,(H2,9,16)(H,10,11,12). The number of hydrogen-bond acceptors (Lipinski definition) is 7. The zero-order valence-corrected chi connectivity index (χ0v) is 8.65. The molecule has 0 spiro atoms. The Kier molecular flexibility index (Phi) is 3.07. The Hall–Kier alpha value is -1.55. The van der Waals surface area contributed by atoms with Gasteiger partial charge in [0.2, 0.25) is 5.82 Å². The van der Waals surface area contributed by atoms with E-state index in [9.17, 15) is 15.0 Å². The van der Waals surface area contributed by atoms with Gasteiger partial charge in [0.15, 0.2) is 5.82 Å². The number of ether oxygens (including phenoxy) is 1. The zero-order valence-electron chi connectivity index (χ0n) is 8.65. The fraction of sp³-hybridized carbons (Fsp3) is 0.625. The first-order valence-electron chi connectivity index (χ1n) is 4.89. The van der Waals surface area contributed by atoms with E-state index in [4.69, 9.17) is 15.6 Å². The lowest BCUT2D eigenvalue weighted by Crippen LogP contribution is -2.32. The first-order valence-corrected chi connectivity index (χ1v) is 4.89. The Bertz CT molecular complexity index is 422. The predicted molar refractivity (Wildman–Crippen MR) is 51.6 cm³/mol. The maximum atomic E-state index is 10.8. The zero-order chi connectivity index (χ0) is 12.6. The number of amides is 1. The molecule has 2 heterocycles. The summed E-state index contributed by atoms with van der Waals surface area (Å²) in [6.45, 7) is -0.439. The number of aromatic nitrogens is 3. The van der Waals surface area contributed by atoms with Crippen molar-refractivity contribution in [2.24, 2.45) is 5.73 Å². The summed E-state index contributed by atoms with van der Waals surface area (Å²) in [5, 5.41) is 34.0. The molecule has 0 radical (unpaired) electrons. The number of carbonyl (C=O) groups is 1. The minimum atomic E-state index is -1.26. The third-order valence-electron chi connectivity index (χ3n) is 2.53. The third kappa shape index (κ3) is 2.00. The van der Waals surface area contributed by atoms with Crippen molar-refractivity contribution in [2.75, 3.05) is 6.61 Å². The maximum Gasteiger partial charge on any atom is 0.288 e. The smallest absolute Gasteiger partial charge is 0.288 e. The van der Waals surface area contributed by atoms with E-state index in [1.165, 1.54) is 0 Å². The van der Waals surface area contributed by atoms with Crippen molar-refractivity contribution >= 4 is 5.91 Å². The highest BCUT2D eigenvalue weighted by molar-refractivity contribution is 5.88. The summed E-state index contributed by atoms with van der Waals surface area (Å²) in [6, 6.07) is 0. The first kappa shape index (κ1) is 11.9. The van der Waals surface area contributed by atoms with Crippen LogP contribution in [0, 0.1) is 0 Å². The van der Waals surface area contributed by atoms with E-state index in [0.29, 0.717) is 0 Å². The van der Waals surface area contributed by atoms with Crippen LogP contribution in [0.15, 0.2) is 0 Å². The molecule has 1 aromatic heterocycles. The molecule has 4 unspecified atom stereocenters. The molecular weight excluding hydrogens is 232 g/mol. The van der Waals surface area contributed by atoms with Gasteiger partial charge in [0.1, 0.15) is 24.4 Å². The summed E-state index contributed by atoms with van der Waals surface area (Å²) in [6.07, 6.45) is -4.38. The van der Waals surface area contributed by atoms with Crippen molar-refractivity contribution in [1.82, 2.24) is 15.2 Å². The van der Waals surface area contributed by atoms with Gasteiger partial charge in [0.05, 0.1) is 6.61 Å². The minimum Gasteiger partial charge on any atom is -0.394 e. The van der Waals surface area contributed by atoms with Gasteiger partial charge in [0, 0.05) is 0 Å². The SMILES string of the molecule is NC(=O)c1n[nH]c(C2OC(CO)C(O)C2O)n1. The first-order chi connectivity index (χ1) is 8.04. The Balaban J connectivity index is 2.19. The lowest BCUT2D eigenvalue weighted by Gasteiger charge is -2.10. The second-order valence-electron chi connectivity index (χ2n) is 3.67. The molecule has 2 rings (SSSR count). The summed E-state index contributed by atoms with van der Waals surface area (Å²) in [4.78, 5) is 14.5. The van der Waals surface area contributed by atoms with Crippen LogP contribution in [0.5, 0.6) is 0 Å². The number of aliphatic hydroxyl groups is 3. The van der Waals surface area contributed by atoms with E-state index in [-0.39, 0.29) is 11.6 Å². The molecule has 0 aliphatic carbocycles. The van der Waals surface area contributed by atoms with Crippen molar-refractivity contribution in [3.8, 4) is 0 Å². The van der Waals surface area contributed by atoms with Gasteiger partial charge in [0.25, 0.3) is 5.91 Å². The molecular formula is C8H12N4O5. The highest BCUT2D eigenvalue weighted by Crippen LogP contribution is 2.31. The molecule has 6 N–H and O–H groups in total. The predicted octanol–water partition coefficient (Wildman–Crippen LogP) is -2.94. The lowest BCUT2D eigenvalue weighted by molar-refractivity contribution is -0.0252. The number of nitrogens with zero attached hydrogens (tertiary/aromatic N) is 2. The van der Waals surface area contributed by atoms with E-state index >= 15 is 0 Å². The average Bonchev–Trinajstić information content (AvgIpc) is 2.87. The highest BCUT2D eigenvalue weighted by Gasteiger charge is 2.44. The monoisotopic (exact) mass is 244 g/mol. The van der Waals surface area contributed by atoms with Crippen molar-refractivity contribution in [2.45, 2.75) is 24.4 Å². The number of primary amides is 1. The summed E-state index contributed by atoms with van der Waals surface area (Å²) in [5.41, 5.74) is 4.96. The van der Waals surface area contributed by atoms with Gasteiger partial charge in [-0.3, -0.25) is 9.89 Å². The van der Waals surface area contributed by atoms with Gasteiger partial charge in [-0.15, -0.1) is 5.10 Å². The molecule has 1 amide bonds. The summed E-state index contributed by atoms with van der Waals surface area (Å²) in [5.74, 6) is -0.988. The van der Waals surface area contributed by atoms with Crippen LogP contribution < -0.4 is 5.73 Å². The van der Waals surface area contributed by atoms with Crippen molar-refractivity contribution < 1.29 is 24.9 Å². The van der Waals surface area contributed by atoms with Gasteiger partial charge >= 0.3 is 0 Å². The van der Waals surface area contributed by atoms with Crippen LogP contribution in [0.2, 0.25) is 0 Å². The second-order valence-corrected chi connectivity index (χ2v) is 3.67. The van der Waals surface area contributed by atoms with Crippen molar-refractivity contribution in [3.63, 3.8) is 0 Å². The van der Waals surface area contributed by atoms with Crippen molar-refractivity contribution in [1.29, 1.82) is 0 Å². The van der Waals surface area contributed by atoms with E-state index in [0.717, 1.165) is 0 Å². The van der Waals surface area contributed by atoms with Gasteiger partial charge in [-0.25, -0.2) is 4.98 Å². The molecule has 94 valence electrons. The van der Waals surface area contributed by atoms with Crippen LogP contribution in [0.4, 0.5) is 0 Å². The molecule has 17 heavy (non-hydrogen) atoms. The van der Waals surface area contributed by atoms with Gasteiger partial charge in [-0.2, -0.15) is 0 Å². The van der Waals surface area contributed by atoms with Crippen LogP contribution in [-0.4, -0.2) is 61.3 Å². The fourth-order valence-corrected chi connectivity index (χ4v) is 1.64. The number of carbonyl (C=O) groups excluding carboxylic acids is 1. The number of aromatic amines is 1. The van der Waals surface area contributed by atoms with Crippen LogP contribution >= 0.6 is 0 Å². The number of H-pyrrole nitrogens is 1. The number of rotatable bonds is 3. The largest absolute Gasteiger partial charge is 0.394 e. The molecule has 0 bridgehead atoms. The van der Waals surface area contributed by atoms with Crippen LogP contribution in [0.1, 0.15) is 22.5 Å². The van der Waals surface area contributed by atoms with Crippen LogP contribution in [0.25, 0.3) is 0 Å². The summed E-state index contributed by atoms with van der Waals surface area (Å²) < 4.78 is 5.18. The summed E-state index contributed by atoms with van der Waals surface area (Å²) in [7, 11) is 0. The van der Waals surface area contributed by atoms with E-state index < -0.39 is 36.9 Å². The molecule has 9 nitrogen and oxygen atoms in total. The van der Waals surface area contributed by atoms with Crippen LogP contribution in [-0.2, 0) is 4.74 Å².